The maximum Gasteiger partial charge on any atom is 0.324 e. The Bertz CT molecular complexity index is 419. The number of rotatable bonds is 1. The molecule has 0 spiro atoms. The summed E-state index contributed by atoms with van der Waals surface area (Å²) in [4.78, 5) is 17.8. The monoisotopic (exact) mass is 236 g/mol. The first kappa shape index (κ1) is 10.6. The van der Waals surface area contributed by atoms with Gasteiger partial charge in [-0.1, -0.05) is 6.42 Å². The summed E-state index contributed by atoms with van der Waals surface area (Å²) in [6.07, 6.45) is 3.83. The fourth-order valence-electron chi connectivity index (χ4n) is 2.93. The van der Waals surface area contributed by atoms with Crippen molar-refractivity contribution in [2.24, 2.45) is 11.8 Å². The third kappa shape index (κ3) is 1.99. The average molecular weight is 236 g/mol. The lowest BCUT2D eigenvalue weighted by molar-refractivity contribution is 0.218. The van der Waals surface area contributed by atoms with Gasteiger partial charge in [0.1, 0.15) is 0 Å². The zero-order valence-corrected chi connectivity index (χ0v) is 9.85. The van der Waals surface area contributed by atoms with E-state index in [4.69, 9.17) is 4.52 Å². The number of likely N-dealkylation sites (tertiary alicyclic amines) is 1. The van der Waals surface area contributed by atoms with Gasteiger partial charge in [0.05, 0.1) is 0 Å². The highest BCUT2D eigenvalue weighted by Crippen LogP contribution is 2.37. The van der Waals surface area contributed by atoms with Crippen molar-refractivity contribution in [3.8, 4) is 0 Å². The quantitative estimate of drug-likeness (QED) is 0.804. The number of carbonyl (C=O) groups is 1. The molecule has 1 aliphatic heterocycles. The molecule has 2 heterocycles. The maximum atomic E-state index is 11.9. The Morgan fingerprint density at radius 3 is 2.71 bits per heavy atom. The molecular formula is C11H16N4O2. The zero-order valence-electron chi connectivity index (χ0n) is 9.85. The summed E-state index contributed by atoms with van der Waals surface area (Å²) in [7, 11) is 0. The van der Waals surface area contributed by atoms with Gasteiger partial charge in [0.25, 0.3) is 5.95 Å². The van der Waals surface area contributed by atoms with Crippen LogP contribution in [0.1, 0.15) is 25.2 Å². The predicted molar refractivity (Wildman–Crippen MR) is 60.5 cm³/mol. The number of nitrogens with one attached hydrogen (secondary N) is 1. The summed E-state index contributed by atoms with van der Waals surface area (Å²) in [6.45, 7) is 3.43. The molecule has 1 saturated heterocycles. The molecule has 2 aliphatic rings. The molecule has 92 valence electrons. The molecule has 1 aliphatic carbocycles. The molecule has 1 aromatic rings. The van der Waals surface area contributed by atoms with Crippen molar-refractivity contribution in [1.82, 2.24) is 15.0 Å². The summed E-state index contributed by atoms with van der Waals surface area (Å²) >= 11 is 0. The summed E-state index contributed by atoms with van der Waals surface area (Å²) in [6, 6.07) is -0.111. The Labute approximate surface area is 99.4 Å². The van der Waals surface area contributed by atoms with Gasteiger partial charge in [-0.25, -0.2) is 4.79 Å². The van der Waals surface area contributed by atoms with Gasteiger partial charge in [-0.2, -0.15) is 4.98 Å². The largest absolute Gasteiger partial charge is 0.338 e. The van der Waals surface area contributed by atoms with Crippen LogP contribution in [0.25, 0.3) is 0 Å². The van der Waals surface area contributed by atoms with Crippen LogP contribution < -0.4 is 5.32 Å². The molecule has 17 heavy (non-hydrogen) atoms. The van der Waals surface area contributed by atoms with E-state index in [0.29, 0.717) is 17.7 Å². The normalized spacial score (nSPS) is 27.2. The SMILES string of the molecule is Cc1nc(NC(=O)N2C[C@H]3CCC[C@H]3C2)no1. The molecule has 0 unspecified atom stereocenters. The van der Waals surface area contributed by atoms with Crippen molar-refractivity contribution in [2.75, 3.05) is 18.4 Å². The molecule has 0 radical (unpaired) electrons. The minimum absolute atomic E-state index is 0.111. The number of amides is 2. The number of hydrogen-bond acceptors (Lipinski definition) is 4. The van der Waals surface area contributed by atoms with Crippen molar-refractivity contribution in [2.45, 2.75) is 26.2 Å². The molecule has 2 fully saturated rings. The Morgan fingerprint density at radius 2 is 2.12 bits per heavy atom. The summed E-state index contributed by atoms with van der Waals surface area (Å²) in [5.41, 5.74) is 0. The van der Waals surface area contributed by atoms with Crippen LogP contribution in [0.3, 0.4) is 0 Å². The van der Waals surface area contributed by atoms with Crippen molar-refractivity contribution < 1.29 is 9.32 Å². The minimum Gasteiger partial charge on any atom is -0.338 e. The number of nitrogens with zero attached hydrogens (tertiary/aromatic N) is 3. The fourth-order valence-corrected chi connectivity index (χ4v) is 2.93. The summed E-state index contributed by atoms with van der Waals surface area (Å²) in [5, 5.41) is 6.32. The van der Waals surface area contributed by atoms with Gasteiger partial charge in [-0.05, 0) is 29.8 Å². The predicted octanol–water partition coefficient (Wildman–Crippen LogP) is 1.64. The third-order valence-corrected chi connectivity index (χ3v) is 3.76. The van der Waals surface area contributed by atoms with E-state index in [2.05, 4.69) is 15.5 Å². The number of hydrogen-bond donors (Lipinski definition) is 1. The second kappa shape index (κ2) is 4.01. The van der Waals surface area contributed by atoms with Crippen LogP contribution >= 0.6 is 0 Å². The smallest absolute Gasteiger partial charge is 0.324 e. The van der Waals surface area contributed by atoms with Gasteiger partial charge in [0.15, 0.2) is 0 Å². The number of aryl methyl sites for hydroxylation is 1. The number of urea groups is 1. The number of fused-ring (bicyclic) bond motifs is 1. The van der Waals surface area contributed by atoms with Crippen LogP contribution in [-0.2, 0) is 0 Å². The summed E-state index contributed by atoms with van der Waals surface area (Å²) < 4.78 is 4.81. The molecular weight excluding hydrogens is 220 g/mol. The molecule has 0 aromatic carbocycles. The molecule has 6 nitrogen and oxygen atoms in total. The van der Waals surface area contributed by atoms with E-state index in [9.17, 15) is 4.79 Å². The first-order chi connectivity index (χ1) is 8.22. The lowest BCUT2D eigenvalue weighted by atomic mass is 10.0. The van der Waals surface area contributed by atoms with Gasteiger partial charge < -0.3 is 9.42 Å². The minimum atomic E-state index is -0.111. The van der Waals surface area contributed by atoms with E-state index in [0.717, 1.165) is 13.1 Å². The highest BCUT2D eigenvalue weighted by atomic mass is 16.5. The highest BCUT2D eigenvalue weighted by molar-refractivity contribution is 5.87. The first-order valence-electron chi connectivity index (χ1n) is 6.08. The Kier molecular flexibility index (Phi) is 2.49. The number of carbonyl (C=O) groups excluding carboxylic acids is 1. The third-order valence-electron chi connectivity index (χ3n) is 3.76. The van der Waals surface area contributed by atoms with E-state index in [1.54, 1.807) is 6.92 Å². The van der Waals surface area contributed by atoms with Gasteiger partial charge >= 0.3 is 6.03 Å². The van der Waals surface area contributed by atoms with Gasteiger partial charge in [0.2, 0.25) is 5.89 Å². The topological polar surface area (TPSA) is 71.3 Å². The van der Waals surface area contributed by atoms with Crippen LogP contribution in [0.5, 0.6) is 0 Å². The van der Waals surface area contributed by atoms with Crippen molar-refractivity contribution >= 4 is 12.0 Å². The van der Waals surface area contributed by atoms with E-state index in [1.165, 1.54) is 19.3 Å². The molecule has 6 heteroatoms. The van der Waals surface area contributed by atoms with E-state index < -0.39 is 0 Å². The molecule has 2 amide bonds. The zero-order chi connectivity index (χ0) is 11.8. The van der Waals surface area contributed by atoms with Crippen molar-refractivity contribution in [3.63, 3.8) is 0 Å². The standard InChI is InChI=1S/C11H16N4O2/c1-7-12-10(14-17-7)13-11(16)15-5-8-3-2-4-9(8)6-15/h8-9H,2-6H2,1H3,(H,13,14,16)/t8-,9+. The van der Waals surface area contributed by atoms with Crippen LogP contribution in [-0.4, -0.2) is 34.2 Å². The Balaban J connectivity index is 1.60. The second-order valence-electron chi connectivity index (χ2n) is 4.92. The lowest BCUT2D eigenvalue weighted by Gasteiger charge is -2.16. The van der Waals surface area contributed by atoms with Crippen LogP contribution in [0, 0.1) is 18.8 Å². The van der Waals surface area contributed by atoms with Crippen LogP contribution in [0.2, 0.25) is 0 Å². The molecule has 1 N–H and O–H groups in total. The maximum absolute atomic E-state index is 11.9. The van der Waals surface area contributed by atoms with E-state index in [-0.39, 0.29) is 12.0 Å². The van der Waals surface area contributed by atoms with Gasteiger partial charge in [0, 0.05) is 20.0 Å². The Hall–Kier alpha value is -1.59. The highest BCUT2D eigenvalue weighted by Gasteiger charge is 2.38. The van der Waals surface area contributed by atoms with E-state index in [1.807, 2.05) is 4.90 Å². The molecule has 0 bridgehead atoms. The van der Waals surface area contributed by atoms with Crippen LogP contribution in [0.4, 0.5) is 10.7 Å². The van der Waals surface area contributed by atoms with Crippen LogP contribution in [0.15, 0.2) is 4.52 Å². The number of aromatic nitrogens is 2. The average Bonchev–Trinajstić information content (AvgIpc) is 2.92. The van der Waals surface area contributed by atoms with Crippen molar-refractivity contribution in [1.29, 1.82) is 0 Å². The summed E-state index contributed by atoms with van der Waals surface area (Å²) in [5.74, 6) is 2.11. The van der Waals surface area contributed by atoms with E-state index >= 15 is 0 Å². The lowest BCUT2D eigenvalue weighted by Crippen LogP contribution is -2.33. The second-order valence-corrected chi connectivity index (χ2v) is 4.92. The molecule has 2 atom stereocenters. The number of anilines is 1. The molecule has 1 aromatic heterocycles. The van der Waals surface area contributed by atoms with Crippen molar-refractivity contribution in [3.05, 3.63) is 5.89 Å². The fraction of sp³-hybridized carbons (Fsp3) is 0.727. The Morgan fingerprint density at radius 1 is 1.41 bits per heavy atom. The first-order valence-corrected chi connectivity index (χ1v) is 6.08. The van der Waals surface area contributed by atoms with Gasteiger partial charge in [-0.3, -0.25) is 5.32 Å². The van der Waals surface area contributed by atoms with Gasteiger partial charge in [-0.15, -0.1) is 0 Å². The molecule has 3 rings (SSSR count). The molecule has 1 saturated carbocycles.